The minimum Gasteiger partial charge on any atom is -0.333 e. The Kier molecular flexibility index (Phi) is 8.08. The Hall–Kier alpha value is -2.30. The quantitative estimate of drug-likeness (QED) is 0.437. The van der Waals surface area contributed by atoms with E-state index >= 15 is 0 Å². The standard InChI is InChI=1S/C23H20Cl2F6N2O2/c1-13(34)11-32-4-5-33(18(12-32)6-14-2-3-19(24)20(25)7-14)21(35)15-8-16(22(26,27)28)10-17(9-15)23(29,30)31/h2-3,7-10,18H,4-6,11-12H2,1H3. The number of amides is 1. The maximum Gasteiger partial charge on any atom is 0.416 e. The van der Waals surface area contributed by atoms with Gasteiger partial charge in [-0.3, -0.25) is 14.5 Å². The van der Waals surface area contributed by atoms with Crippen LogP contribution in [0.3, 0.4) is 0 Å². The summed E-state index contributed by atoms with van der Waals surface area (Å²) in [4.78, 5) is 27.9. The van der Waals surface area contributed by atoms with Crippen molar-refractivity contribution in [3.63, 3.8) is 0 Å². The SMILES string of the molecule is CC(=O)CN1CCN(C(=O)c2cc(C(F)(F)F)cc(C(F)(F)F)c2)C(Cc2ccc(Cl)c(Cl)c2)C1. The van der Waals surface area contributed by atoms with E-state index in [0.717, 1.165) is 0 Å². The summed E-state index contributed by atoms with van der Waals surface area (Å²) in [6.07, 6.45) is -9.95. The normalized spacial score (nSPS) is 17.5. The van der Waals surface area contributed by atoms with Crippen LogP contribution in [0.25, 0.3) is 0 Å². The summed E-state index contributed by atoms with van der Waals surface area (Å²) in [5.41, 5.74) is -3.18. The van der Waals surface area contributed by atoms with Gasteiger partial charge in [-0.05, 0) is 49.2 Å². The Morgan fingerprint density at radius 3 is 2.03 bits per heavy atom. The van der Waals surface area contributed by atoms with Crippen molar-refractivity contribution in [2.75, 3.05) is 26.2 Å². The van der Waals surface area contributed by atoms with E-state index in [2.05, 4.69) is 0 Å². The Balaban J connectivity index is 1.98. The molecule has 0 saturated carbocycles. The van der Waals surface area contributed by atoms with E-state index in [1.165, 1.54) is 11.8 Å². The molecule has 0 N–H and O–H groups in total. The van der Waals surface area contributed by atoms with Gasteiger partial charge in [-0.2, -0.15) is 26.3 Å². The highest BCUT2D eigenvalue weighted by molar-refractivity contribution is 6.42. The predicted molar refractivity (Wildman–Crippen MR) is 119 cm³/mol. The maximum atomic E-state index is 13.3. The number of halogens is 8. The topological polar surface area (TPSA) is 40.6 Å². The van der Waals surface area contributed by atoms with E-state index in [1.807, 2.05) is 0 Å². The maximum absolute atomic E-state index is 13.3. The molecule has 0 aliphatic carbocycles. The zero-order valence-corrected chi connectivity index (χ0v) is 19.8. The molecule has 1 unspecified atom stereocenters. The Morgan fingerprint density at radius 1 is 0.914 bits per heavy atom. The molecule has 0 aromatic heterocycles. The van der Waals surface area contributed by atoms with Crippen LogP contribution in [0.4, 0.5) is 26.3 Å². The Labute approximate surface area is 207 Å². The minimum absolute atomic E-state index is 0.00962. The van der Waals surface area contributed by atoms with Crippen LogP contribution < -0.4 is 0 Å². The van der Waals surface area contributed by atoms with Crippen LogP contribution in [0, 0.1) is 0 Å². The lowest BCUT2D eigenvalue weighted by molar-refractivity contribution is -0.143. The first-order valence-corrected chi connectivity index (χ1v) is 11.2. The molecule has 0 spiro atoms. The molecule has 3 rings (SSSR count). The summed E-state index contributed by atoms with van der Waals surface area (Å²) < 4.78 is 79.8. The van der Waals surface area contributed by atoms with Crippen LogP contribution in [0.15, 0.2) is 36.4 Å². The molecule has 1 saturated heterocycles. The van der Waals surface area contributed by atoms with Crippen LogP contribution in [-0.4, -0.2) is 53.7 Å². The van der Waals surface area contributed by atoms with Crippen molar-refractivity contribution in [1.29, 1.82) is 0 Å². The number of carbonyl (C=O) groups excluding carboxylic acids is 2. The third kappa shape index (κ3) is 6.89. The van der Waals surface area contributed by atoms with E-state index in [1.54, 1.807) is 23.1 Å². The molecule has 2 aromatic carbocycles. The van der Waals surface area contributed by atoms with Gasteiger partial charge in [-0.15, -0.1) is 0 Å². The summed E-state index contributed by atoms with van der Waals surface area (Å²) in [7, 11) is 0. The van der Waals surface area contributed by atoms with Gasteiger partial charge in [-0.1, -0.05) is 29.3 Å². The molecule has 1 heterocycles. The lowest BCUT2D eigenvalue weighted by Crippen LogP contribution is -2.56. The van der Waals surface area contributed by atoms with Gasteiger partial charge in [0.15, 0.2) is 0 Å². The molecule has 1 amide bonds. The van der Waals surface area contributed by atoms with Gasteiger partial charge in [0.1, 0.15) is 5.78 Å². The number of nitrogens with zero attached hydrogens (tertiary/aromatic N) is 2. The van der Waals surface area contributed by atoms with Crippen molar-refractivity contribution in [1.82, 2.24) is 9.80 Å². The molecule has 1 fully saturated rings. The fourth-order valence-corrected chi connectivity index (χ4v) is 4.32. The molecule has 1 aliphatic heterocycles. The summed E-state index contributed by atoms with van der Waals surface area (Å²) >= 11 is 12.0. The average Bonchev–Trinajstić information content (AvgIpc) is 2.74. The average molecular weight is 541 g/mol. The van der Waals surface area contributed by atoms with Crippen molar-refractivity contribution < 1.29 is 35.9 Å². The highest BCUT2D eigenvalue weighted by Gasteiger charge is 2.39. The van der Waals surface area contributed by atoms with Gasteiger partial charge in [0, 0.05) is 31.2 Å². The summed E-state index contributed by atoms with van der Waals surface area (Å²) in [5, 5.41) is 0.556. The van der Waals surface area contributed by atoms with Gasteiger partial charge in [0.2, 0.25) is 0 Å². The minimum atomic E-state index is -5.07. The Morgan fingerprint density at radius 2 is 1.51 bits per heavy atom. The number of benzene rings is 2. The fraction of sp³-hybridized carbons (Fsp3) is 0.391. The molecule has 1 atom stereocenters. The molecular formula is C23H20Cl2F6N2O2. The summed E-state index contributed by atoms with van der Waals surface area (Å²) in [6.45, 7) is 1.93. The van der Waals surface area contributed by atoms with Crippen LogP contribution in [0.5, 0.6) is 0 Å². The molecule has 0 bridgehead atoms. The van der Waals surface area contributed by atoms with Gasteiger partial charge in [-0.25, -0.2) is 0 Å². The van der Waals surface area contributed by atoms with Gasteiger partial charge < -0.3 is 4.90 Å². The first-order valence-electron chi connectivity index (χ1n) is 10.4. The van der Waals surface area contributed by atoms with Crippen molar-refractivity contribution in [3.8, 4) is 0 Å². The molecule has 2 aromatic rings. The largest absolute Gasteiger partial charge is 0.416 e. The molecular weight excluding hydrogens is 521 g/mol. The lowest BCUT2D eigenvalue weighted by Gasteiger charge is -2.41. The van der Waals surface area contributed by atoms with E-state index < -0.39 is 41.0 Å². The second-order valence-electron chi connectivity index (χ2n) is 8.34. The van der Waals surface area contributed by atoms with Gasteiger partial charge in [0.05, 0.1) is 27.7 Å². The predicted octanol–water partition coefficient (Wildman–Crippen LogP) is 5.99. The van der Waals surface area contributed by atoms with Gasteiger partial charge >= 0.3 is 12.4 Å². The molecule has 12 heteroatoms. The lowest BCUT2D eigenvalue weighted by atomic mass is 9.99. The van der Waals surface area contributed by atoms with Crippen molar-refractivity contribution >= 4 is 34.9 Å². The number of hydrogen-bond donors (Lipinski definition) is 0. The smallest absolute Gasteiger partial charge is 0.333 e. The van der Waals surface area contributed by atoms with Crippen LogP contribution in [0.2, 0.25) is 10.0 Å². The highest BCUT2D eigenvalue weighted by atomic mass is 35.5. The van der Waals surface area contributed by atoms with E-state index in [-0.39, 0.29) is 49.5 Å². The molecule has 1 aliphatic rings. The van der Waals surface area contributed by atoms with Crippen LogP contribution in [-0.2, 0) is 23.6 Å². The third-order valence-corrected chi connectivity index (χ3v) is 6.30. The highest BCUT2D eigenvalue weighted by Crippen LogP contribution is 2.37. The number of hydrogen-bond acceptors (Lipinski definition) is 3. The molecule has 190 valence electrons. The van der Waals surface area contributed by atoms with Crippen LogP contribution in [0.1, 0.15) is 34.0 Å². The second kappa shape index (κ2) is 10.4. The third-order valence-electron chi connectivity index (χ3n) is 5.56. The van der Waals surface area contributed by atoms with Crippen LogP contribution >= 0.6 is 23.2 Å². The molecule has 35 heavy (non-hydrogen) atoms. The zero-order valence-electron chi connectivity index (χ0n) is 18.3. The Bertz CT molecular complexity index is 1090. The zero-order chi connectivity index (χ0) is 26.1. The number of Topliss-reactive ketones (excluding diaryl/α,β-unsaturated/α-hetero) is 1. The number of carbonyl (C=O) groups is 2. The first kappa shape index (κ1) is 27.3. The number of alkyl halides is 6. The van der Waals surface area contributed by atoms with Gasteiger partial charge in [0.25, 0.3) is 5.91 Å². The number of ketones is 1. The summed E-state index contributed by atoms with van der Waals surface area (Å²) in [5.74, 6) is -1.08. The van der Waals surface area contributed by atoms with Crippen molar-refractivity contribution in [2.45, 2.75) is 31.7 Å². The van der Waals surface area contributed by atoms with Crippen molar-refractivity contribution in [3.05, 3.63) is 68.7 Å². The first-order chi connectivity index (χ1) is 16.1. The number of piperazine rings is 1. The van der Waals surface area contributed by atoms with Crippen molar-refractivity contribution in [2.24, 2.45) is 0 Å². The second-order valence-corrected chi connectivity index (χ2v) is 9.15. The summed E-state index contributed by atoms with van der Waals surface area (Å²) in [6, 6.07) is 4.97. The fourth-order valence-electron chi connectivity index (χ4n) is 4.00. The van der Waals surface area contributed by atoms with E-state index in [4.69, 9.17) is 23.2 Å². The molecule has 4 nitrogen and oxygen atoms in total. The number of rotatable bonds is 5. The van der Waals surface area contributed by atoms with E-state index in [0.29, 0.717) is 22.7 Å². The monoisotopic (exact) mass is 540 g/mol. The van der Waals surface area contributed by atoms with E-state index in [9.17, 15) is 35.9 Å². The molecule has 0 radical (unpaired) electrons.